The van der Waals surface area contributed by atoms with Gasteiger partial charge in [0, 0.05) is 36.3 Å². The van der Waals surface area contributed by atoms with Crippen LogP contribution in [0.15, 0.2) is 24.3 Å². The van der Waals surface area contributed by atoms with Gasteiger partial charge in [-0.2, -0.15) is 0 Å². The number of carbonyl (C=O) groups excluding carboxylic acids is 2. The first kappa shape index (κ1) is 14.1. The Labute approximate surface area is 125 Å². The van der Waals surface area contributed by atoms with Gasteiger partial charge in [0.05, 0.1) is 0 Å². The number of nitrogens with zero attached hydrogens (tertiary/aromatic N) is 2. The fraction of sp³-hybridized carbons (Fsp3) is 0.529. The Balaban J connectivity index is 1.85. The minimum atomic E-state index is 0.0843. The standard InChI is InChI=1S/C17H22N2O2/c1-12(2)19(14-8-9-14)17(21)13-5-3-6-15(11-13)18-10-4-7-16(18)20/h3,5-6,11-12,14H,4,7-10H2,1-2H3. The monoisotopic (exact) mass is 286 g/mol. The first-order chi connectivity index (χ1) is 10.1. The summed E-state index contributed by atoms with van der Waals surface area (Å²) in [6, 6.07) is 8.11. The van der Waals surface area contributed by atoms with E-state index in [1.807, 2.05) is 29.2 Å². The van der Waals surface area contributed by atoms with Crippen LogP contribution in [0.2, 0.25) is 0 Å². The average molecular weight is 286 g/mol. The van der Waals surface area contributed by atoms with E-state index in [1.54, 1.807) is 4.90 Å². The molecule has 2 amide bonds. The van der Waals surface area contributed by atoms with Crippen molar-refractivity contribution in [1.82, 2.24) is 4.90 Å². The summed E-state index contributed by atoms with van der Waals surface area (Å²) in [5.74, 6) is 0.239. The van der Waals surface area contributed by atoms with Crippen LogP contribution >= 0.6 is 0 Å². The Morgan fingerprint density at radius 2 is 2.10 bits per heavy atom. The summed E-state index contributed by atoms with van der Waals surface area (Å²) in [7, 11) is 0. The van der Waals surface area contributed by atoms with Gasteiger partial charge in [-0.25, -0.2) is 0 Å². The zero-order valence-corrected chi connectivity index (χ0v) is 12.7. The molecule has 4 nitrogen and oxygen atoms in total. The summed E-state index contributed by atoms with van der Waals surface area (Å²) < 4.78 is 0. The van der Waals surface area contributed by atoms with Crippen LogP contribution in [0.4, 0.5) is 5.69 Å². The van der Waals surface area contributed by atoms with Gasteiger partial charge in [-0.1, -0.05) is 6.07 Å². The second-order valence-electron chi connectivity index (χ2n) is 6.24. The number of anilines is 1. The molecule has 2 aliphatic rings. The third-order valence-corrected chi connectivity index (χ3v) is 4.21. The highest BCUT2D eigenvalue weighted by Gasteiger charge is 2.35. The number of amides is 2. The lowest BCUT2D eigenvalue weighted by molar-refractivity contribution is -0.117. The van der Waals surface area contributed by atoms with Crippen molar-refractivity contribution in [3.63, 3.8) is 0 Å². The normalized spacial score (nSPS) is 18.4. The quantitative estimate of drug-likeness (QED) is 0.854. The van der Waals surface area contributed by atoms with Gasteiger partial charge in [0.2, 0.25) is 5.91 Å². The van der Waals surface area contributed by atoms with E-state index in [1.165, 1.54) is 0 Å². The van der Waals surface area contributed by atoms with Gasteiger partial charge in [-0.15, -0.1) is 0 Å². The Kier molecular flexibility index (Phi) is 3.70. The SMILES string of the molecule is CC(C)N(C(=O)c1cccc(N2CCCC2=O)c1)C1CC1. The summed E-state index contributed by atoms with van der Waals surface area (Å²) in [4.78, 5) is 28.3. The van der Waals surface area contributed by atoms with Crippen LogP contribution in [0.25, 0.3) is 0 Å². The topological polar surface area (TPSA) is 40.6 Å². The van der Waals surface area contributed by atoms with Crippen LogP contribution < -0.4 is 4.90 Å². The molecule has 21 heavy (non-hydrogen) atoms. The molecule has 0 bridgehead atoms. The van der Waals surface area contributed by atoms with Gasteiger partial charge in [-0.3, -0.25) is 9.59 Å². The molecule has 0 radical (unpaired) electrons. The van der Waals surface area contributed by atoms with Crippen molar-refractivity contribution in [3.8, 4) is 0 Å². The van der Waals surface area contributed by atoms with Crippen LogP contribution in [0.1, 0.15) is 49.9 Å². The molecular weight excluding hydrogens is 264 g/mol. The van der Waals surface area contributed by atoms with Crippen LogP contribution in [-0.4, -0.2) is 35.3 Å². The van der Waals surface area contributed by atoms with Crippen molar-refractivity contribution in [3.05, 3.63) is 29.8 Å². The summed E-state index contributed by atoms with van der Waals surface area (Å²) in [6.45, 7) is 4.88. The number of carbonyl (C=O) groups is 2. The van der Waals surface area contributed by atoms with Crippen molar-refractivity contribution in [2.75, 3.05) is 11.4 Å². The molecule has 1 aromatic rings. The number of rotatable bonds is 4. The van der Waals surface area contributed by atoms with Gasteiger partial charge >= 0.3 is 0 Å². The zero-order chi connectivity index (χ0) is 15.0. The third kappa shape index (κ3) is 2.80. The Bertz CT molecular complexity index is 562. The zero-order valence-electron chi connectivity index (χ0n) is 12.7. The molecule has 1 aromatic carbocycles. The van der Waals surface area contributed by atoms with Crippen molar-refractivity contribution in [1.29, 1.82) is 0 Å². The molecule has 1 saturated carbocycles. The van der Waals surface area contributed by atoms with Gasteiger partial charge in [0.25, 0.3) is 5.91 Å². The van der Waals surface area contributed by atoms with Crippen LogP contribution in [-0.2, 0) is 4.79 Å². The predicted molar refractivity (Wildman–Crippen MR) is 82.4 cm³/mol. The van der Waals surface area contributed by atoms with Crippen LogP contribution in [0.5, 0.6) is 0 Å². The Morgan fingerprint density at radius 3 is 2.67 bits per heavy atom. The summed E-state index contributed by atoms with van der Waals surface area (Å²) in [5.41, 5.74) is 1.54. The molecule has 0 N–H and O–H groups in total. The lowest BCUT2D eigenvalue weighted by atomic mass is 10.1. The van der Waals surface area contributed by atoms with Gasteiger partial charge in [0.15, 0.2) is 0 Å². The fourth-order valence-electron chi connectivity index (χ4n) is 3.05. The Morgan fingerprint density at radius 1 is 1.33 bits per heavy atom. The fourth-order valence-corrected chi connectivity index (χ4v) is 3.05. The van der Waals surface area contributed by atoms with Gasteiger partial charge in [-0.05, 0) is 51.3 Å². The van der Waals surface area contributed by atoms with E-state index in [0.717, 1.165) is 31.5 Å². The van der Waals surface area contributed by atoms with Gasteiger partial charge < -0.3 is 9.80 Å². The van der Waals surface area contributed by atoms with Crippen molar-refractivity contribution in [2.45, 2.75) is 51.6 Å². The van der Waals surface area contributed by atoms with E-state index in [2.05, 4.69) is 13.8 Å². The van der Waals surface area contributed by atoms with E-state index in [-0.39, 0.29) is 17.9 Å². The minimum Gasteiger partial charge on any atom is -0.333 e. The van der Waals surface area contributed by atoms with E-state index in [9.17, 15) is 9.59 Å². The second kappa shape index (κ2) is 5.51. The molecule has 0 aromatic heterocycles. The predicted octanol–water partition coefficient (Wildman–Crippen LogP) is 2.83. The molecule has 3 rings (SSSR count). The Hall–Kier alpha value is -1.84. The lowest BCUT2D eigenvalue weighted by Crippen LogP contribution is -2.38. The first-order valence-corrected chi connectivity index (χ1v) is 7.81. The molecule has 0 atom stereocenters. The van der Waals surface area contributed by atoms with Crippen molar-refractivity contribution < 1.29 is 9.59 Å². The first-order valence-electron chi connectivity index (χ1n) is 7.81. The number of hydrogen-bond acceptors (Lipinski definition) is 2. The molecule has 4 heteroatoms. The third-order valence-electron chi connectivity index (χ3n) is 4.21. The molecule has 1 aliphatic heterocycles. The maximum atomic E-state index is 12.7. The second-order valence-corrected chi connectivity index (χ2v) is 6.24. The van der Waals surface area contributed by atoms with Gasteiger partial charge in [0.1, 0.15) is 0 Å². The summed E-state index contributed by atoms with van der Waals surface area (Å²) in [5, 5.41) is 0. The molecule has 1 saturated heterocycles. The highest BCUT2D eigenvalue weighted by atomic mass is 16.2. The molecular formula is C17H22N2O2. The highest BCUT2D eigenvalue weighted by molar-refractivity contribution is 5.99. The molecule has 0 spiro atoms. The largest absolute Gasteiger partial charge is 0.333 e. The van der Waals surface area contributed by atoms with Crippen molar-refractivity contribution >= 4 is 17.5 Å². The van der Waals surface area contributed by atoms with E-state index < -0.39 is 0 Å². The average Bonchev–Trinajstić information content (AvgIpc) is 3.19. The lowest BCUT2D eigenvalue weighted by Gasteiger charge is -2.27. The van der Waals surface area contributed by atoms with Crippen LogP contribution in [0, 0.1) is 0 Å². The summed E-state index contributed by atoms with van der Waals surface area (Å²) in [6.07, 6.45) is 3.72. The number of benzene rings is 1. The highest BCUT2D eigenvalue weighted by Crippen LogP contribution is 2.31. The number of hydrogen-bond donors (Lipinski definition) is 0. The molecule has 1 heterocycles. The molecule has 1 aliphatic carbocycles. The van der Waals surface area contributed by atoms with Crippen molar-refractivity contribution in [2.24, 2.45) is 0 Å². The minimum absolute atomic E-state index is 0.0843. The maximum absolute atomic E-state index is 12.7. The van der Waals surface area contributed by atoms with E-state index in [0.29, 0.717) is 18.0 Å². The molecule has 2 fully saturated rings. The molecule has 0 unspecified atom stereocenters. The van der Waals surface area contributed by atoms with E-state index >= 15 is 0 Å². The molecule has 112 valence electrons. The maximum Gasteiger partial charge on any atom is 0.254 e. The smallest absolute Gasteiger partial charge is 0.254 e. The van der Waals surface area contributed by atoms with E-state index in [4.69, 9.17) is 0 Å². The summed E-state index contributed by atoms with van der Waals surface area (Å²) >= 11 is 0. The van der Waals surface area contributed by atoms with Crippen LogP contribution in [0.3, 0.4) is 0 Å².